The Kier molecular flexibility index (Phi) is 7.59. The first kappa shape index (κ1) is 35.7. The Labute approximate surface area is 372 Å². The molecule has 0 amide bonds. The predicted molar refractivity (Wildman–Crippen MR) is 269 cm³/mol. The first-order chi connectivity index (χ1) is 32.2. The number of rotatable bonds is 5. The zero-order chi connectivity index (χ0) is 42.6. The summed E-state index contributed by atoms with van der Waals surface area (Å²) in [6.07, 6.45) is 0. The van der Waals surface area contributed by atoms with Crippen LogP contribution in [0.4, 0.5) is 0 Å². The summed E-state index contributed by atoms with van der Waals surface area (Å²) in [6.45, 7) is 0. The first-order valence-corrected chi connectivity index (χ1v) is 22.0. The highest BCUT2D eigenvalue weighted by Crippen LogP contribution is 2.43. The maximum atomic E-state index is 5.32. The fourth-order valence-corrected chi connectivity index (χ4v) is 10.3. The van der Waals surface area contributed by atoms with E-state index < -0.39 is 0 Å². The van der Waals surface area contributed by atoms with Crippen LogP contribution < -0.4 is 0 Å². The summed E-state index contributed by atoms with van der Waals surface area (Å²) < 4.78 is 7.12. The van der Waals surface area contributed by atoms with Gasteiger partial charge < -0.3 is 9.13 Å². The lowest BCUT2D eigenvalue weighted by Crippen LogP contribution is -2.06. The van der Waals surface area contributed by atoms with E-state index in [1.807, 2.05) is 0 Å². The van der Waals surface area contributed by atoms with Crippen LogP contribution in [0.25, 0.3) is 127 Å². The standard InChI is InChI=1S/C59H36N6/c1-2-18-43(19-3-1)63-51-23-11-8-20-45(51)48-31-32-49-46-21-9-12-24-52(46)64(56(49)55(48)63)44-30-33-54-50(36-44)47-22-10-13-25-53(47)65(54)59-61-57(41-28-26-37-14-4-6-16-39(37)34-41)60-58(62-59)42-29-27-38-15-5-7-17-40(38)35-42/h1-36H. The van der Waals surface area contributed by atoms with Crippen molar-refractivity contribution < 1.29 is 0 Å². The van der Waals surface area contributed by atoms with E-state index in [0.29, 0.717) is 17.6 Å². The van der Waals surface area contributed by atoms with E-state index in [1.54, 1.807) is 0 Å². The van der Waals surface area contributed by atoms with Gasteiger partial charge in [0.2, 0.25) is 5.95 Å². The second-order valence-corrected chi connectivity index (χ2v) is 16.9. The molecule has 0 aliphatic rings. The van der Waals surface area contributed by atoms with Gasteiger partial charge in [0.25, 0.3) is 0 Å². The Hall–Kier alpha value is -8.87. The Morgan fingerprint density at radius 1 is 0.262 bits per heavy atom. The topological polar surface area (TPSA) is 53.5 Å². The third-order valence-electron chi connectivity index (χ3n) is 13.2. The zero-order valence-corrected chi connectivity index (χ0v) is 35.0. The Bertz CT molecular complexity index is 4150. The normalized spacial score (nSPS) is 12.0. The van der Waals surface area contributed by atoms with E-state index in [9.17, 15) is 0 Å². The average Bonchev–Trinajstić information content (AvgIpc) is 4.02. The maximum Gasteiger partial charge on any atom is 0.238 e. The van der Waals surface area contributed by atoms with Gasteiger partial charge >= 0.3 is 0 Å². The van der Waals surface area contributed by atoms with Crippen LogP contribution >= 0.6 is 0 Å². The van der Waals surface area contributed by atoms with E-state index in [0.717, 1.165) is 60.6 Å². The third kappa shape index (κ3) is 5.38. The molecule has 6 heteroatoms. The minimum atomic E-state index is 0.566. The van der Waals surface area contributed by atoms with Crippen LogP contribution in [0.5, 0.6) is 0 Å². The highest BCUT2D eigenvalue weighted by Gasteiger charge is 2.23. The SMILES string of the molecule is c1ccc(-n2c3ccccc3c3ccc4c5ccccc5n(-c5ccc6c(c5)c5ccccc5n6-c5nc(-c6ccc7ccccc7c6)nc(-c6ccc7ccccc7c6)n5)c4c32)cc1. The minimum Gasteiger partial charge on any atom is -0.307 e. The van der Waals surface area contributed by atoms with Crippen molar-refractivity contribution in [2.24, 2.45) is 0 Å². The van der Waals surface area contributed by atoms with Crippen molar-refractivity contribution in [2.45, 2.75) is 0 Å². The molecule has 4 heterocycles. The molecular weight excluding hydrogens is 793 g/mol. The molecule has 0 aliphatic heterocycles. The van der Waals surface area contributed by atoms with Crippen molar-refractivity contribution >= 4 is 87.0 Å². The molecule has 10 aromatic carbocycles. The Morgan fingerprint density at radius 3 is 1.28 bits per heavy atom. The number of hydrogen-bond donors (Lipinski definition) is 0. The summed E-state index contributed by atoms with van der Waals surface area (Å²) in [5, 5.41) is 11.7. The van der Waals surface area contributed by atoms with Crippen LogP contribution in [-0.2, 0) is 0 Å². The van der Waals surface area contributed by atoms with Gasteiger partial charge in [-0.1, -0.05) is 158 Å². The molecule has 14 rings (SSSR count). The molecule has 0 bridgehead atoms. The Balaban J connectivity index is 1.04. The van der Waals surface area contributed by atoms with Gasteiger partial charge in [-0.05, 0) is 82.2 Å². The summed E-state index contributed by atoms with van der Waals surface area (Å²) in [5.41, 5.74) is 10.8. The molecule has 6 nitrogen and oxygen atoms in total. The van der Waals surface area contributed by atoms with Gasteiger partial charge in [0.1, 0.15) is 0 Å². The van der Waals surface area contributed by atoms with Crippen molar-refractivity contribution in [3.05, 3.63) is 218 Å². The molecule has 0 atom stereocenters. The van der Waals surface area contributed by atoms with Crippen molar-refractivity contribution in [2.75, 3.05) is 0 Å². The van der Waals surface area contributed by atoms with Crippen LogP contribution in [0.3, 0.4) is 0 Å². The van der Waals surface area contributed by atoms with E-state index in [4.69, 9.17) is 15.0 Å². The molecule has 0 aliphatic carbocycles. The van der Waals surface area contributed by atoms with Crippen molar-refractivity contribution in [1.82, 2.24) is 28.7 Å². The van der Waals surface area contributed by atoms with Gasteiger partial charge in [-0.3, -0.25) is 4.57 Å². The third-order valence-corrected chi connectivity index (χ3v) is 13.2. The van der Waals surface area contributed by atoms with Gasteiger partial charge in [-0.15, -0.1) is 0 Å². The number of para-hydroxylation sites is 4. The van der Waals surface area contributed by atoms with Crippen LogP contribution in [0.15, 0.2) is 218 Å². The first-order valence-electron chi connectivity index (χ1n) is 22.0. The molecular formula is C59H36N6. The summed E-state index contributed by atoms with van der Waals surface area (Å²) in [4.78, 5) is 15.8. The molecule has 65 heavy (non-hydrogen) atoms. The number of nitrogens with zero attached hydrogens (tertiary/aromatic N) is 6. The highest BCUT2D eigenvalue weighted by atomic mass is 15.2. The van der Waals surface area contributed by atoms with E-state index in [2.05, 4.69) is 232 Å². The predicted octanol–water partition coefficient (Wildman–Crippen LogP) is 14.8. The number of fused-ring (bicyclic) bond motifs is 12. The molecule has 0 fully saturated rings. The molecule has 0 saturated heterocycles. The molecule has 0 saturated carbocycles. The summed E-state index contributed by atoms with van der Waals surface area (Å²) in [6, 6.07) is 78.1. The summed E-state index contributed by atoms with van der Waals surface area (Å²) in [5.74, 6) is 1.81. The molecule has 0 unspecified atom stereocenters. The van der Waals surface area contributed by atoms with Gasteiger partial charge in [0.05, 0.1) is 33.1 Å². The van der Waals surface area contributed by atoms with E-state index in [1.165, 1.54) is 48.9 Å². The number of benzene rings is 10. The second kappa shape index (κ2) is 13.8. The molecule has 302 valence electrons. The van der Waals surface area contributed by atoms with E-state index in [-0.39, 0.29) is 0 Å². The Morgan fingerprint density at radius 2 is 0.708 bits per heavy atom. The molecule has 0 spiro atoms. The molecule has 0 N–H and O–H groups in total. The fraction of sp³-hybridized carbons (Fsp3) is 0. The molecule has 0 radical (unpaired) electrons. The monoisotopic (exact) mass is 828 g/mol. The smallest absolute Gasteiger partial charge is 0.238 e. The number of hydrogen-bond acceptors (Lipinski definition) is 3. The van der Waals surface area contributed by atoms with Crippen LogP contribution in [0, 0.1) is 0 Å². The average molecular weight is 829 g/mol. The zero-order valence-electron chi connectivity index (χ0n) is 35.0. The van der Waals surface area contributed by atoms with Crippen LogP contribution in [-0.4, -0.2) is 28.7 Å². The van der Waals surface area contributed by atoms with Crippen LogP contribution in [0.1, 0.15) is 0 Å². The van der Waals surface area contributed by atoms with Gasteiger partial charge in [0.15, 0.2) is 11.6 Å². The lowest BCUT2D eigenvalue weighted by molar-refractivity contribution is 0.953. The van der Waals surface area contributed by atoms with Crippen molar-refractivity contribution in [3.63, 3.8) is 0 Å². The molecule has 4 aromatic heterocycles. The number of aromatic nitrogens is 6. The largest absolute Gasteiger partial charge is 0.307 e. The van der Waals surface area contributed by atoms with Crippen molar-refractivity contribution in [3.8, 4) is 40.1 Å². The second-order valence-electron chi connectivity index (χ2n) is 16.9. The lowest BCUT2D eigenvalue weighted by Gasteiger charge is -2.13. The van der Waals surface area contributed by atoms with Gasteiger partial charge in [-0.25, -0.2) is 4.98 Å². The summed E-state index contributed by atoms with van der Waals surface area (Å²) >= 11 is 0. The van der Waals surface area contributed by atoms with Gasteiger partial charge in [0, 0.05) is 54.8 Å². The summed E-state index contributed by atoms with van der Waals surface area (Å²) in [7, 11) is 0. The van der Waals surface area contributed by atoms with E-state index >= 15 is 0 Å². The van der Waals surface area contributed by atoms with Gasteiger partial charge in [-0.2, -0.15) is 9.97 Å². The van der Waals surface area contributed by atoms with Crippen LogP contribution in [0.2, 0.25) is 0 Å². The quantitative estimate of drug-likeness (QED) is 0.174. The van der Waals surface area contributed by atoms with Crippen molar-refractivity contribution in [1.29, 1.82) is 0 Å². The fourth-order valence-electron chi connectivity index (χ4n) is 10.3. The molecule has 14 aromatic rings. The maximum absolute atomic E-state index is 5.32. The minimum absolute atomic E-state index is 0.566. The highest BCUT2D eigenvalue weighted by molar-refractivity contribution is 6.24. The lowest BCUT2D eigenvalue weighted by atomic mass is 10.1.